The number of halogens is 1. The Morgan fingerprint density at radius 2 is 1.92 bits per heavy atom. The number of anilines is 1. The summed E-state index contributed by atoms with van der Waals surface area (Å²) < 4.78 is 13.2. The number of aromatic carboxylic acids is 1. The molecular formula is C17H9FNO4S2-. The first kappa shape index (κ1) is 17.1. The Morgan fingerprint density at radius 1 is 1.24 bits per heavy atom. The molecule has 25 heavy (non-hydrogen) atoms. The molecule has 0 radical (unpaired) electrons. The van der Waals surface area contributed by atoms with Gasteiger partial charge in [-0.3, -0.25) is 9.69 Å². The van der Waals surface area contributed by atoms with E-state index in [0.717, 1.165) is 23.9 Å². The highest BCUT2D eigenvalue weighted by molar-refractivity contribution is 8.27. The number of rotatable bonds is 3. The van der Waals surface area contributed by atoms with Crippen LogP contribution in [0.4, 0.5) is 10.1 Å². The summed E-state index contributed by atoms with van der Waals surface area (Å²) in [6.45, 7) is 0. The number of thiocarbonyl (C=S) groups is 1. The number of carbonyl (C=O) groups is 2. The van der Waals surface area contributed by atoms with Crippen LogP contribution in [0, 0.1) is 5.82 Å². The second-order valence-corrected chi connectivity index (χ2v) is 6.73. The van der Waals surface area contributed by atoms with Gasteiger partial charge in [0.25, 0.3) is 5.91 Å². The third-order valence-corrected chi connectivity index (χ3v) is 4.72. The number of nitrogens with zero attached hydrogens (tertiary/aromatic N) is 1. The average Bonchev–Trinajstić information content (AvgIpc) is 2.83. The standard InChI is InChI=1S/C17H10FNO4S2/c18-10-3-1-9(2-4-10)7-14-15(21)19(17(24)25-14)11-5-6-12(16(22)23)13(20)8-11/h1-8,20H,(H,22,23)/p-1/b14-7-. The maximum absolute atomic E-state index is 13.0. The fraction of sp³-hybridized carbons (Fsp3) is 0. The molecule has 2 aromatic carbocycles. The van der Waals surface area contributed by atoms with Crippen LogP contribution >= 0.6 is 24.0 Å². The lowest BCUT2D eigenvalue weighted by molar-refractivity contribution is -0.268. The van der Waals surface area contributed by atoms with Crippen molar-refractivity contribution in [3.63, 3.8) is 0 Å². The molecule has 0 unspecified atom stereocenters. The van der Waals surface area contributed by atoms with Crippen molar-refractivity contribution in [1.29, 1.82) is 0 Å². The quantitative estimate of drug-likeness (QED) is 0.657. The summed E-state index contributed by atoms with van der Waals surface area (Å²) in [6, 6.07) is 9.17. The number of carbonyl (C=O) groups excluding carboxylic acids is 1. The highest BCUT2D eigenvalue weighted by atomic mass is 32.2. The summed E-state index contributed by atoms with van der Waals surface area (Å²) >= 11 is 6.24. The Balaban J connectivity index is 1.93. The fourth-order valence-electron chi connectivity index (χ4n) is 2.23. The number of hydrogen-bond acceptors (Lipinski definition) is 5. The molecule has 1 heterocycles. The van der Waals surface area contributed by atoms with E-state index in [1.807, 2.05) is 0 Å². The molecule has 1 fully saturated rings. The monoisotopic (exact) mass is 374 g/mol. The molecule has 0 aliphatic carbocycles. The Kier molecular flexibility index (Phi) is 4.56. The lowest BCUT2D eigenvalue weighted by atomic mass is 10.1. The van der Waals surface area contributed by atoms with Crippen LogP contribution in [-0.2, 0) is 4.79 Å². The van der Waals surface area contributed by atoms with Crippen LogP contribution in [0.15, 0.2) is 47.4 Å². The number of carboxylic acid groups (broad SMARTS) is 1. The third kappa shape index (κ3) is 3.40. The zero-order chi connectivity index (χ0) is 18.1. The first-order valence-electron chi connectivity index (χ1n) is 6.94. The maximum atomic E-state index is 13.0. The summed E-state index contributed by atoms with van der Waals surface area (Å²) in [4.78, 5) is 25.0. The molecule has 8 heteroatoms. The number of hydrogen-bond donors (Lipinski definition) is 1. The largest absolute Gasteiger partial charge is 0.872 e. The van der Waals surface area contributed by atoms with Gasteiger partial charge in [0.15, 0.2) is 4.32 Å². The molecule has 5 nitrogen and oxygen atoms in total. The van der Waals surface area contributed by atoms with Crippen LogP contribution in [0.25, 0.3) is 6.08 Å². The van der Waals surface area contributed by atoms with Gasteiger partial charge in [-0.25, -0.2) is 9.18 Å². The van der Waals surface area contributed by atoms with Crippen molar-refractivity contribution in [1.82, 2.24) is 0 Å². The molecule has 1 N–H and O–H groups in total. The van der Waals surface area contributed by atoms with Crippen LogP contribution in [0.1, 0.15) is 15.9 Å². The SMILES string of the molecule is O=C(O)c1ccc(N2C(=O)/C(=C/c3ccc(F)cc3)SC2=S)cc1[O-]. The Morgan fingerprint density at radius 3 is 2.52 bits per heavy atom. The number of benzene rings is 2. The van der Waals surface area contributed by atoms with E-state index < -0.39 is 17.6 Å². The van der Waals surface area contributed by atoms with Gasteiger partial charge in [-0.1, -0.05) is 41.9 Å². The topological polar surface area (TPSA) is 80.7 Å². The van der Waals surface area contributed by atoms with Gasteiger partial charge in [0.2, 0.25) is 0 Å². The first-order valence-corrected chi connectivity index (χ1v) is 8.17. The smallest absolute Gasteiger partial charge is 0.335 e. The molecule has 0 spiro atoms. The zero-order valence-corrected chi connectivity index (χ0v) is 14.1. The minimum Gasteiger partial charge on any atom is -0.872 e. The van der Waals surface area contributed by atoms with Crippen molar-refractivity contribution < 1.29 is 24.2 Å². The normalized spacial score (nSPS) is 15.9. The van der Waals surface area contributed by atoms with E-state index >= 15 is 0 Å². The molecule has 0 bridgehead atoms. The molecule has 0 saturated carbocycles. The molecule has 0 aromatic heterocycles. The van der Waals surface area contributed by atoms with Gasteiger partial charge < -0.3 is 10.2 Å². The second-order valence-electron chi connectivity index (χ2n) is 5.05. The van der Waals surface area contributed by atoms with Crippen molar-refractivity contribution in [3.05, 3.63) is 64.3 Å². The van der Waals surface area contributed by atoms with Crippen molar-refractivity contribution in [2.45, 2.75) is 0 Å². The summed E-state index contributed by atoms with van der Waals surface area (Å²) in [5.74, 6) is -2.85. The van der Waals surface area contributed by atoms with E-state index in [9.17, 15) is 19.1 Å². The van der Waals surface area contributed by atoms with Gasteiger partial charge >= 0.3 is 5.97 Å². The molecule has 1 amide bonds. The maximum Gasteiger partial charge on any atom is 0.335 e. The van der Waals surface area contributed by atoms with Gasteiger partial charge in [-0.05, 0) is 42.0 Å². The van der Waals surface area contributed by atoms with Crippen molar-refractivity contribution in [3.8, 4) is 5.75 Å². The van der Waals surface area contributed by atoms with Gasteiger partial charge in [-0.15, -0.1) is 0 Å². The van der Waals surface area contributed by atoms with Crippen LogP contribution < -0.4 is 10.0 Å². The molecule has 0 atom stereocenters. The van der Waals surface area contributed by atoms with Crippen LogP contribution in [0.2, 0.25) is 0 Å². The molecular weight excluding hydrogens is 365 g/mol. The summed E-state index contributed by atoms with van der Waals surface area (Å²) in [5.41, 5.74) is 0.462. The van der Waals surface area contributed by atoms with Crippen LogP contribution in [0.3, 0.4) is 0 Å². The van der Waals surface area contributed by atoms with E-state index in [0.29, 0.717) is 10.5 Å². The highest BCUT2D eigenvalue weighted by Gasteiger charge is 2.33. The highest BCUT2D eigenvalue weighted by Crippen LogP contribution is 2.37. The van der Waals surface area contributed by atoms with Gasteiger partial charge in [0, 0.05) is 0 Å². The van der Waals surface area contributed by atoms with Gasteiger partial charge in [0.05, 0.1) is 16.2 Å². The van der Waals surface area contributed by atoms with Crippen LogP contribution in [0.5, 0.6) is 5.75 Å². The molecule has 1 aliphatic rings. The average molecular weight is 374 g/mol. The van der Waals surface area contributed by atoms with E-state index in [1.165, 1.54) is 35.2 Å². The van der Waals surface area contributed by atoms with Gasteiger partial charge in [0.1, 0.15) is 5.82 Å². The molecule has 126 valence electrons. The first-order chi connectivity index (χ1) is 11.9. The fourth-order valence-corrected chi connectivity index (χ4v) is 3.53. The molecule has 2 aromatic rings. The van der Waals surface area contributed by atoms with E-state index in [2.05, 4.69) is 0 Å². The number of carboxylic acids is 1. The van der Waals surface area contributed by atoms with Gasteiger partial charge in [-0.2, -0.15) is 0 Å². The van der Waals surface area contributed by atoms with Crippen molar-refractivity contribution in [2.24, 2.45) is 0 Å². The molecule has 1 saturated heterocycles. The summed E-state index contributed by atoms with van der Waals surface area (Å²) in [7, 11) is 0. The van der Waals surface area contributed by atoms with E-state index in [-0.39, 0.29) is 21.4 Å². The Labute approximate surface area is 151 Å². The Hall–Kier alpha value is -2.71. The lowest BCUT2D eigenvalue weighted by Gasteiger charge is -2.18. The molecule has 3 rings (SSSR count). The van der Waals surface area contributed by atoms with Crippen LogP contribution in [-0.4, -0.2) is 21.3 Å². The minimum absolute atomic E-state index is 0.208. The molecule has 1 aliphatic heterocycles. The zero-order valence-electron chi connectivity index (χ0n) is 12.4. The predicted molar refractivity (Wildman–Crippen MR) is 94.9 cm³/mol. The predicted octanol–water partition coefficient (Wildman–Crippen LogP) is 3.00. The number of amides is 1. The van der Waals surface area contributed by atoms with E-state index in [4.69, 9.17) is 17.3 Å². The number of thioether (sulfide) groups is 1. The lowest BCUT2D eigenvalue weighted by Crippen LogP contribution is -2.27. The van der Waals surface area contributed by atoms with E-state index in [1.54, 1.807) is 6.08 Å². The Bertz CT molecular complexity index is 925. The summed E-state index contributed by atoms with van der Waals surface area (Å²) in [5, 5.41) is 20.7. The minimum atomic E-state index is -1.34. The second kappa shape index (κ2) is 6.66. The summed E-state index contributed by atoms with van der Waals surface area (Å²) in [6.07, 6.45) is 1.57. The third-order valence-electron chi connectivity index (χ3n) is 3.42. The van der Waals surface area contributed by atoms with Crippen molar-refractivity contribution in [2.75, 3.05) is 4.90 Å². The van der Waals surface area contributed by atoms with Crippen molar-refractivity contribution >= 4 is 51.9 Å².